The Balaban J connectivity index is 2.66. The van der Waals surface area contributed by atoms with E-state index >= 15 is 0 Å². The van der Waals surface area contributed by atoms with Crippen molar-refractivity contribution >= 4 is 0 Å². The predicted octanol–water partition coefficient (Wildman–Crippen LogP) is 1.49. The van der Waals surface area contributed by atoms with E-state index < -0.39 is 0 Å². The Morgan fingerprint density at radius 3 is 2.33 bits per heavy atom. The summed E-state index contributed by atoms with van der Waals surface area (Å²) in [6.07, 6.45) is 3.37. The molecule has 1 aliphatic carbocycles. The molecule has 2 unspecified atom stereocenters. The molecule has 2 heteroatoms. The van der Waals surface area contributed by atoms with Crippen LogP contribution in [0.1, 0.15) is 33.1 Å². The van der Waals surface area contributed by atoms with E-state index in [0.717, 1.165) is 12.8 Å². The third kappa shape index (κ3) is 1.80. The molecule has 1 aliphatic rings. The molecule has 0 aromatic carbocycles. The van der Waals surface area contributed by atoms with Crippen LogP contribution in [0.4, 0.5) is 0 Å². The summed E-state index contributed by atoms with van der Waals surface area (Å²) in [5.74, 6) is 0. The lowest BCUT2D eigenvalue weighted by Gasteiger charge is -2.43. The van der Waals surface area contributed by atoms with Gasteiger partial charge in [-0.15, -0.1) is 0 Å². The zero-order chi connectivity index (χ0) is 9.35. The lowest BCUT2D eigenvalue weighted by Crippen LogP contribution is -2.49. The summed E-state index contributed by atoms with van der Waals surface area (Å²) < 4.78 is 0. The second-order valence-corrected chi connectivity index (χ2v) is 4.86. The first-order valence-corrected chi connectivity index (χ1v) is 4.79. The normalized spacial score (nSPS) is 35.5. The second kappa shape index (κ2) is 3.35. The van der Waals surface area contributed by atoms with Crippen LogP contribution in [-0.2, 0) is 0 Å². The number of nitrogens with zero attached hydrogens (tertiary/aromatic N) is 1. The van der Waals surface area contributed by atoms with Crippen molar-refractivity contribution in [1.29, 1.82) is 0 Å². The minimum absolute atomic E-state index is 0.104. The van der Waals surface area contributed by atoms with Crippen LogP contribution in [0.3, 0.4) is 0 Å². The molecule has 1 saturated carbocycles. The summed E-state index contributed by atoms with van der Waals surface area (Å²) in [4.78, 5) is 2.14. The summed E-state index contributed by atoms with van der Waals surface area (Å²) in [6.45, 7) is 4.32. The van der Waals surface area contributed by atoms with Gasteiger partial charge < -0.3 is 10.0 Å². The van der Waals surface area contributed by atoms with Gasteiger partial charge in [0.1, 0.15) is 0 Å². The fourth-order valence-electron chi connectivity index (χ4n) is 2.13. The molecule has 12 heavy (non-hydrogen) atoms. The number of likely N-dealkylation sites (N-methyl/N-ethyl adjacent to an activating group) is 1. The van der Waals surface area contributed by atoms with Gasteiger partial charge in [0, 0.05) is 6.04 Å². The van der Waals surface area contributed by atoms with E-state index in [4.69, 9.17) is 0 Å². The van der Waals surface area contributed by atoms with E-state index in [2.05, 4.69) is 32.8 Å². The first kappa shape index (κ1) is 10.0. The molecule has 0 aliphatic heterocycles. The standard InChI is InChI=1S/C10H21NO/c1-10(2)7-5-6-8(9(10)12)11(3)4/h8-9,12H,5-7H2,1-4H3. The van der Waals surface area contributed by atoms with Crippen molar-refractivity contribution < 1.29 is 5.11 Å². The minimum Gasteiger partial charge on any atom is -0.391 e. The zero-order valence-corrected chi connectivity index (χ0v) is 8.67. The fourth-order valence-corrected chi connectivity index (χ4v) is 2.13. The quantitative estimate of drug-likeness (QED) is 0.646. The molecule has 1 rings (SSSR count). The van der Waals surface area contributed by atoms with Crippen molar-refractivity contribution in [2.45, 2.75) is 45.3 Å². The number of hydrogen-bond acceptors (Lipinski definition) is 2. The average Bonchev–Trinajstić information content (AvgIpc) is 1.94. The maximum atomic E-state index is 10.0. The summed E-state index contributed by atoms with van der Waals surface area (Å²) in [5, 5.41) is 10.0. The monoisotopic (exact) mass is 171 g/mol. The van der Waals surface area contributed by atoms with Crippen LogP contribution in [-0.4, -0.2) is 36.2 Å². The maximum absolute atomic E-state index is 10.0. The van der Waals surface area contributed by atoms with Crippen molar-refractivity contribution in [3.8, 4) is 0 Å². The Bertz CT molecular complexity index is 154. The Labute approximate surface area is 75.6 Å². The molecule has 1 fully saturated rings. The van der Waals surface area contributed by atoms with E-state index in [9.17, 15) is 5.11 Å². The van der Waals surface area contributed by atoms with Crippen LogP contribution in [0.2, 0.25) is 0 Å². The molecule has 0 saturated heterocycles. The number of aliphatic hydroxyl groups is 1. The van der Waals surface area contributed by atoms with Gasteiger partial charge in [-0.25, -0.2) is 0 Å². The summed E-state index contributed by atoms with van der Waals surface area (Å²) in [6, 6.07) is 0.355. The SMILES string of the molecule is CN(C)C1CCCC(C)(C)C1O. The molecule has 0 heterocycles. The lowest BCUT2D eigenvalue weighted by atomic mass is 9.72. The third-order valence-electron chi connectivity index (χ3n) is 3.15. The molecule has 72 valence electrons. The third-order valence-corrected chi connectivity index (χ3v) is 3.15. The summed E-state index contributed by atoms with van der Waals surface area (Å²) >= 11 is 0. The van der Waals surface area contributed by atoms with E-state index in [1.54, 1.807) is 0 Å². The Kier molecular flexibility index (Phi) is 2.79. The summed E-state index contributed by atoms with van der Waals surface area (Å²) in [7, 11) is 4.10. The van der Waals surface area contributed by atoms with Crippen LogP contribution >= 0.6 is 0 Å². The van der Waals surface area contributed by atoms with E-state index in [0.29, 0.717) is 6.04 Å². The second-order valence-electron chi connectivity index (χ2n) is 4.86. The molecule has 0 spiro atoms. The minimum atomic E-state index is -0.166. The van der Waals surface area contributed by atoms with Gasteiger partial charge in [-0.3, -0.25) is 0 Å². The number of rotatable bonds is 1. The van der Waals surface area contributed by atoms with E-state index in [1.165, 1.54) is 6.42 Å². The smallest absolute Gasteiger partial charge is 0.0745 e. The van der Waals surface area contributed by atoms with Crippen LogP contribution in [0.5, 0.6) is 0 Å². The Hall–Kier alpha value is -0.0800. The van der Waals surface area contributed by atoms with Gasteiger partial charge in [-0.1, -0.05) is 20.3 Å². The molecular weight excluding hydrogens is 150 g/mol. The zero-order valence-electron chi connectivity index (χ0n) is 8.67. The van der Waals surface area contributed by atoms with Crippen LogP contribution in [0.15, 0.2) is 0 Å². The fraction of sp³-hybridized carbons (Fsp3) is 1.00. The highest BCUT2D eigenvalue weighted by molar-refractivity contribution is 4.91. The van der Waals surface area contributed by atoms with Crippen molar-refractivity contribution in [2.75, 3.05) is 14.1 Å². The highest BCUT2D eigenvalue weighted by Gasteiger charge is 2.38. The Morgan fingerprint density at radius 1 is 1.33 bits per heavy atom. The van der Waals surface area contributed by atoms with Crippen LogP contribution < -0.4 is 0 Å². The predicted molar refractivity (Wildman–Crippen MR) is 51.1 cm³/mol. The number of aliphatic hydroxyl groups excluding tert-OH is 1. The van der Waals surface area contributed by atoms with E-state index in [-0.39, 0.29) is 11.5 Å². The first-order valence-electron chi connectivity index (χ1n) is 4.79. The van der Waals surface area contributed by atoms with Crippen molar-refractivity contribution in [3.63, 3.8) is 0 Å². The average molecular weight is 171 g/mol. The van der Waals surface area contributed by atoms with Gasteiger partial charge >= 0.3 is 0 Å². The highest BCUT2D eigenvalue weighted by Crippen LogP contribution is 2.36. The van der Waals surface area contributed by atoms with Gasteiger partial charge in [0.05, 0.1) is 6.10 Å². The highest BCUT2D eigenvalue weighted by atomic mass is 16.3. The van der Waals surface area contributed by atoms with Gasteiger partial charge in [0.15, 0.2) is 0 Å². The Morgan fingerprint density at radius 2 is 1.92 bits per heavy atom. The molecular formula is C10H21NO. The van der Waals surface area contributed by atoms with Gasteiger partial charge in [-0.05, 0) is 32.4 Å². The van der Waals surface area contributed by atoms with Crippen LogP contribution in [0.25, 0.3) is 0 Å². The molecule has 0 aromatic rings. The van der Waals surface area contributed by atoms with Gasteiger partial charge in [0.25, 0.3) is 0 Å². The van der Waals surface area contributed by atoms with E-state index in [1.807, 2.05) is 0 Å². The van der Waals surface area contributed by atoms with Gasteiger partial charge in [-0.2, -0.15) is 0 Å². The van der Waals surface area contributed by atoms with Gasteiger partial charge in [0.2, 0.25) is 0 Å². The maximum Gasteiger partial charge on any atom is 0.0745 e. The largest absolute Gasteiger partial charge is 0.391 e. The molecule has 0 amide bonds. The van der Waals surface area contributed by atoms with Crippen molar-refractivity contribution in [2.24, 2.45) is 5.41 Å². The topological polar surface area (TPSA) is 23.5 Å². The van der Waals surface area contributed by atoms with Crippen molar-refractivity contribution in [3.05, 3.63) is 0 Å². The number of hydrogen-bond donors (Lipinski definition) is 1. The molecule has 1 N–H and O–H groups in total. The molecule has 2 atom stereocenters. The first-order chi connectivity index (χ1) is 5.45. The van der Waals surface area contributed by atoms with Crippen molar-refractivity contribution in [1.82, 2.24) is 4.90 Å². The molecule has 2 nitrogen and oxygen atoms in total. The lowest BCUT2D eigenvalue weighted by molar-refractivity contribution is -0.0439. The molecule has 0 radical (unpaired) electrons. The summed E-state index contributed by atoms with van der Waals surface area (Å²) in [5.41, 5.74) is 0.104. The van der Waals surface area contributed by atoms with Crippen LogP contribution in [0, 0.1) is 5.41 Å². The molecule has 0 bridgehead atoms. The molecule has 0 aromatic heterocycles.